The van der Waals surface area contributed by atoms with Crippen molar-refractivity contribution in [2.24, 2.45) is 0 Å². The van der Waals surface area contributed by atoms with Crippen LogP contribution in [-0.2, 0) is 9.53 Å². The highest BCUT2D eigenvalue weighted by atomic mass is 19.4. The first-order valence-corrected chi connectivity index (χ1v) is 6.27. The van der Waals surface area contributed by atoms with E-state index in [0.29, 0.717) is 5.69 Å². The highest BCUT2D eigenvalue weighted by Crippen LogP contribution is 2.19. The van der Waals surface area contributed by atoms with E-state index in [2.05, 4.69) is 5.32 Å². The van der Waals surface area contributed by atoms with Crippen LogP contribution in [0.1, 0.15) is 19.3 Å². The number of nitrogens with one attached hydrogen (secondary N) is 1. The van der Waals surface area contributed by atoms with Gasteiger partial charge in [0.2, 0.25) is 5.91 Å². The lowest BCUT2D eigenvalue weighted by atomic mass is 10.2. The van der Waals surface area contributed by atoms with Crippen LogP contribution in [0.4, 0.5) is 28.9 Å². The Kier molecular flexibility index (Phi) is 6.41. The molecule has 0 aliphatic rings. The molecule has 0 saturated carbocycles. The second-order valence-electron chi connectivity index (χ2n) is 4.37. The van der Waals surface area contributed by atoms with E-state index in [1.165, 1.54) is 12.1 Å². The summed E-state index contributed by atoms with van der Waals surface area (Å²) in [4.78, 5) is 11.5. The van der Waals surface area contributed by atoms with E-state index >= 15 is 0 Å². The first-order chi connectivity index (χ1) is 9.78. The monoisotopic (exact) mass is 308 g/mol. The summed E-state index contributed by atoms with van der Waals surface area (Å²) in [6.07, 6.45) is -5.01. The van der Waals surface area contributed by atoms with Crippen LogP contribution in [0.25, 0.3) is 0 Å². The SMILES string of the molecule is Nc1ccc(F)c(NC(=O)CCCOCCC(F)(F)F)c1. The normalized spacial score (nSPS) is 11.4. The van der Waals surface area contributed by atoms with E-state index in [9.17, 15) is 22.4 Å². The van der Waals surface area contributed by atoms with E-state index in [0.717, 1.165) is 6.07 Å². The van der Waals surface area contributed by atoms with Gasteiger partial charge in [-0.15, -0.1) is 0 Å². The van der Waals surface area contributed by atoms with Crippen LogP contribution in [-0.4, -0.2) is 25.3 Å². The van der Waals surface area contributed by atoms with Crippen molar-refractivity contribution in [3.05, 3.63) is 24.0 Å². The van der Waals surface area contributed by atoms with Crippen molar-refractivity contribution in [1.82, 2.24) is 0 Å². The fourth-order valence-corrected chi connectivity index (χ4v) is 1.48. The number of nitrogens with two attached hydrogens (primary N) is 1. The predicted octanol–water partition coefficient (Wildman–Crippen LogP) is 3.10. The number of hydrogen-bond acceptors (Lipinski definition) is 3. The van der Waals surface area contributed by atoms with E-state index in [4.69, 9.17) is 10.5 Å². The molecular formula is C13H16F4N2O2. The number of amides is 1. The largest absolute Gasteiger partial charge is 0.399 e. The quantitative estimate of drug-likeness (QED) is 0.462. The van der Waals surface area contributed by atoms with Gasteiger partial charge in [-0.1, -0.05) is 0 Å². The molecule has 21 heavy (non-hydrogen) atoms. The molecule has 0 saturated heterocycles. The fourth-order valence-electron chi connectivity index (χ4n) is 1.48. The topological polar surface area (TPSA) is 64.3 Å². The Morgan fingerprint density at radius 1 is 1.29 bits per heavy atom. The lowest BCUT2D eigenvalue weighted by Crippen LogP contribution is -2.15. The molecule has 0 bridgehead atoms. The minimum absolute atomic E-state index is 0.0141. The molecule has 0 atom stereocenters. The number of hydrogen-bond donors (Lipinski definition) is 2. The van der Waals surface area contributed by atoms with E-state index in [1.54, 1.807) is 0 Å². The second kappa shape index (κ2) is 7.82. The van der Waals surface area contributed by atoms with Gasteiger partial charge >= 0.3 is 6.18 Å². The number of halogens is 4. The average molecular weight is 308 g/mol. The van der Waals surface area contributed by atoms with Crippen LogP contribution in [0, 0.1) is 5.82 Å². The van der Waals surface area contributed by atoms with Crippen molar-refractivity contribution in [3.8, 4) is 0 Å². The number of alkyl halides is 3. The molecule has 8 heteroatoms. The zero-order valence-corrected chi connectivity index (χ0v) is 11.2. The van der Waals surface area contributed by atoms with Crippen LogP contribution >= 0.6 is 0 Å². The molecule has 0 aliphatic carbocycles. The van der Waals surface area contributed by atoms with Gasteiger partial charge in [0, 0.05) is 18.7 Å². The molecular weight excluding hydrogens is 292 g/mol. The number of nitrogen functional groups attached to an aromatic ring is 1. The van der Waals surface area contributed by atoms with Crippen molar-refractivity contribution in [1.29, 1.82) is 0 Å². The summed E-state index contributed by atoms with van der Waals surface area (Å²) in [6.45, 7) is -0.405. The predicted molar refractivity (Wildman–Crippen MR) is 70.2 cm³/mol. The van der Waals surface area contributed by atoms with Crippen molar-refractivity contribution in [2.75, 3.05) is 24.3 Å². The summed E-state index contributed by atoms with van der Waals surface area (Å²) in [7, 11) is 0. The zero-order valence-electron chi connectivity index (χ0n) is 11.2. The molecule has 118 valence electrons. The molecule has 0 radical (unpaired) electrons. The van der Waals surface area contributed by atoms with Crippen molar-refractivity contribution in [2.45, 2.75) is 25.4 Å². The number of rotatable bonds is 7. The standard InChI is InChI=1S/C13H16F4N2O2/c14-10-4-3-9(18)8-11(10)19-12(20)2-1-6-21-7-5-13(15,16)17/h3-4,8H,1-2,5-7,18H2,(H,19,20). The molecule has 0 aromatic heterocycles. The highest BCUT2D eigenvalue weighted by molar-refractivity contribution is 5.91. The van der Waals surface area contributed by atoms with E-state index < -0.39 is 30.9 Å². The van der Waals surface area contributed by atoms with Gasteiger partial charge < -0.3 is 15.8 Å². The smallest absolute Gasteiger partial charge is 0.391 e. The Balaban J connectivity index is 2.21. The van der Waals surface area contributed by atoms with Gasteiger partial charge in [0.25, 0.3) is 0 Å². The van der Waals surface area contributed by atoms with Gasteiger partial charge in [0.15, 0.2) is 0 Å². The Morgan fingerprint density at radius 2 is 2.00 bits per heavy atom. The molecule has 0 aliphatic heterocycles. The van der Waals surface area contributed by atoms with Gasteiger partial charge in [-0.25, -0.2) is 4.39 Å². The maximum atomic E-state index is 13.3. The van der Waals surface area contributed by atoms with E-state index in [-0.39, 0.29) is 25.1 Å². The Bertz CT molecular complexity index is 478. The maximum absolute atomic E-state index is 13.3. The average Bonchev–Trinajstić information content (AvgIpc) is 2.37. The molecule has 0 unspecified atom stereocenters. The van der Waals surface area contributed by atoms with Crippen molar-refractivity contribution < 1.29 is 27.1 Å². The lowest BCUT2D eigenvalue weighted by Gasteiger charge is -2.08. The third-order valence-corrected chi connectivity index (χ3v) is 2.49. The van der Waals surface area contributed by atoms with Crippen molar-refractivity contribution >= 4 is 17.3 Å². The molecule has 0 fully saturated rings. The van der Waals surface area contributed by atoms with Gasteiger partial charge in [-0.3, -0.25) is 4.79 Å². The third-order valence-electron chi connectivity index (χ3n) is 2.49. The number of carbonyl (C=O) groups is 1. The van der Waals surface area contributed by atoms with E-state index in [1.807, 2.05) is 0 Å². The fraction of sp³-hybridized carbons (Fsp3) is 0.462. The van der Waals surface area contributed by atoms with Gasteiger partial charge in [-0.2, -0.15) is 13.2 Å². The van der Waals surface area contributed by atoms with Crippen LogP contribution < -0.4 is 11.1 Å². The zero-order chi connectivity index (χ0) is 15.9. The van der Waals surface area contributed by atoms with Crippen LogP contribution in [0.5, 0.6) is 0 Å². The molecule has 1 rings (SSSR count). The highest BCUT2D eigenvalue weighted by Gasteiger charge is 2.26. The van der Waals surface area contributed by atoms with Crippen LogP contribution in [0.2, 0.25) is 0 Å². The molecule has 1 aromatic rings. The summed E-state index contributed by atoms with van der Waals surface area (Å²) in [5.74, 6) is -1.07. The van der Waals surface area contributed by atoms with Crippen molar-refractivity contribution in [3.63, 3.8) is 0 Å². The molecule has 0 heterocycles. The lowest BCUT2D eigenvalue weighted by molar-refractivity contribution is -0.145. The first-order valence-electron chi connectivity index (χ1n) is 6.27. The summed E-state index contributed by atoms with van der Waals surface area (Å²) in [5.41, 5.74) is 5.74. The number of carbonyl (C=O) groups excluding carboxylic acids is 1. The molecule has 0 spiro atoms. The summed E-state index contributed by atoms with van der Waals surface area (Å²) >= 11 is 0. The molecule has 1 amide bonds. The minimum atomic E-state index is -4.25. The van der Waals surface area contributed by atoms with Crippen LogP contribution in [0.3, 0.4) is 0 Å². The molecule has 3 N–H and O–H groups in total. The van der Waals surface area contributed by atoms with Gasteiger partial charge in [0.05, 0.1) is 18.7 Å². The Hall–Kier alpha value is -1.83. The third kappa shape index (κ3) is 7.50. The summed E-state index contributed by atoms with van der Waals surface area (Å²) in [5, 5.41) is 2.34. The van der Waals surface area contributed by atoms with Gasteiger partial charge in [-0.05, 0) is 24.6 Å². The second-order valence-corrected chi connectivity index (χ2v) is 4.37. The van der Waals surface area contributed by atoms with Gasteiger partial charge in [0.1, 0.15) is 5.82 Å². The number of benzene rings is 1. The summed E-state index contributed by atoms with van der Waals surface area (Å²) < 4.78 is 53.5. The maximum Gasteiger partial charge on any atom is 0.391 e. The number of ether oxygens (including phenoxy) is 1. The van der Waals surface area contributed by atoms with Crippen LogP contribution in [0.15, 0.2) is 18.2 Å². The Labute approximate surface area is 119 Å². The summed E-state index contributed by atoms with van der Waals surface area (Å²) in [6, 6.07) is 3.78. The first kappa shape index (κ1) is 17.2. The Morgan fingerprint density at radius 3 is 2.67 bits per heavy atom. The number of anilines is 2. The minimum Gasteiger partial charge on any atom is -0.399 e. The molecule has 4 nitrogen and oxygen atoms in total. The molecule has 1 aromatic carbocycles.